The minimum atomic E-state index is -0.521. The molecule has 0 N–H and O–H groups in total. The summed E-state index contributed by atoms with van der Waals surface area (Å²) < 4.78 is 22.5. The second-order valence-electron chi connectivity index (χ2n) is 6.69. The Labute approximate surface area is 177 Å². The Bertz CT molecular complexity index is 1250. The van der Waals surface area contributed by atoms with Gasteiger partial charge in [0.1, 0.15) is 17.9 Å². The van der Waals surface area contributed by atoms with Crippen molar-refractivity contribution in [1.29, 1.82) is 0 Å². The van der Waals surface area contributed by atoms with Crippen LogP contribution in [0.5, 0.6) is 11.5 Å². The summed E-state index contributed by atoms with van der Waals surface area (Å²) >= 11 is 0. The Balaban J connectivity index is 1.41. The molecule has 0 aliphatic carbocycles. The molecule has 4 aromatic rings. The molecular weight excluding hydrogens is 404 g/mol. The van der Waals surface area contributed by atoms with E-state index in [0.717, 1.165) is 11.4 Å². The number of esters is 1. The highest BCUT2D eigenvalue weighted by molar-refractivity contribution is 5.71. The summed E-state index contributed by atoms with van der Waals surface area (Å²) in [6.45, 7) is 3.59. The Morgan fingerprint density at radius 3 is 2.71 bits per heavy atom. The van der Waals surface area contributed by atoms with Gasteiger partial charge in [0.25, 0.3) is 11.7 Å². The molecule has 1 aromatic carbocycles. The van der Waals surface area contributed by atoms with Gasteiger partial charge in [-0.05, 0) is 32.0 Å². The van der Waals surface area contributed by atoms with Crippen LogP contribution in [-0.4, -0.2) is 49.9 Å². The van der Waals surface area contributed by atoms with Gasteiger partial charge in [0.05, 0.1) is 19.8 Å². The fourth-order valence-corrected chi connectivity index (χ4v) is 3.01. The molecular formula is C20H20N6O5. The van der Waals surface area contributed by atoms with Crippen LogP contribution in [0.15, 0.2) is 28.8 Å². The maximum Gasteiger partial charge on any atom is 0.314 e. The molecule has 0 atom stereocenters. The van der Waals surface area contributed by atoms with Crippen molar-refractivity contribution >= 4 is 11.7 Å². The highest BCUT2D eigenvalue weighted by Crippen LogP contribution is 2.31. The quantitative estimate of drug-likeness (QED) is 0.407. The second kappa shape index (κ2) is 8.38. The van der Waals surface area contributed by atoms with E-state index in [1.807, 2.05) is 19.9 Å². The van der Waals surface area contributed by atoms with Crippen LogP contribution in [0.2, 0.25) is 0 Å². The summed E-state index contributed by atoms with van der Waals surface area (Å²) in [5.74, 6) is 1.87. The predicted molar refractivity (Wildman–Crippen MR) is 107 cm³/mol. The average Bonchev–Trinajstić information content (AvgIpc) is 3.38. The predicted octanol–water partition coefficient (Wildman–Crippen LogP) is 2.09. The maximum atomic E-state index is 12.2. The molecule has 0 radical (unpaired) electrons. The molecule has 4 rings (SSSR count). The number of hydrogen-bond acceptors (Lipinski definition) is 10. The van der Waals surface area contributed by atoms with Gasteiger partial charge in [-0.1, -0.05) is 5.16 Å². The smallest absolute Gasteiger partial charge is 0.314 e. The molecule has 3 heterocycles. The van der Waals surface area contributed by atoms with E-state index in [1.165, 1.54) is 7.11 Å². The minimum Gasteiger partial charge on any atom is -0.497 e. The van der Waals surface area contributed by atoms with Crippen LogP contribution in [-0.2, 0) is 22.6 Å². The lowest BCUT2D eigenvalue weighted by Crippen LogP contribution is -2.09. The molecule has 160 valence electrons. The van der Waals surface area contributed by atoms with Gasteiger partial charge in [-0.15, -0.1) is 5.10 Å². The molecule has 0 unspecified atom stereocenters. The zero-order valence-electron chi connectivity index (χ0n) is 17.4. The number of rotatable bonds is 7. The fourth-order valence-electron chi connectivity index (χ4n) is 3.01. The number of hydrogen-bond donors (Lipinski definition) is 0. The monoisotopic (exact) mass is 424 g/mol. The number of ether oxygens (including phenoxy) is 3. The Morgan fingerprint density at radius 1 is 1.10 bits per heavy atom. The van der Waals surface area contributed by atoms with Crippen LogP contribution < -0.4 is 9.47 Å². The van der Waals surface area contributed by atoms with Gasteiger partial charge >= 0.3 is 5.97 Å². The van der Waals surface area contributed by atoms with E-state index < -0.39 is 5.97 Å². The molecule has 11 nitrogen and oxygen atoms in total. The number of benzene rings is 1. The number of aromatic nitrogens is 6. The zero-order valence-corrected chi connectivity index (χ0v) is 17.4. The molecule has 0 saturated carbocycles. The number of nitrogens with zero attached hydrogens (tertiary/aromatic N) is 6. The zero-order chi connectivity index (χ0) is 22.0. The van der Waals surface area contributed by atoms with Crippen molar-refractivity contribution in [3.8, 4) is 22.9 Å². The highest BCUT2D eigenvalue weighted by Gasteiger charge is 2.17. The summed E-state index contributed by atoms with van der Waals surface area (Å²) in [5.41, 5.74) is 2.32. The van der Waals surface area contributed by atoms with Crippen LogP contribution in [0.3, 0.4) is 0 Å². The lowest BCUT2D eigenvalue weighted by atomic mass is 10.2. The van der Waals surface area contributed by atoms with Crippen molar-refractivity contribution in [3.63, 3.8) is 0 Å². The molecule has 0 amide bonds. The second-order valence-corrected chi connectivity index (χ2v) is 6.69. The molecule has 0 saturated heterocycles. The summed E-state index contributed by atoms with van der Waals surface area (Å²) in [5, 5.41) is 8.22. The molecule has 3 aromatic heterocycles. The van der Waals surface area contributed by atoms with Gasteiger partial charge in [0, 0.05) is 17.5 Å². The first-order valence-corrected chi connectivity index (χ1v) is 9.37. The molecule has 0 aliphatic heterocycles. The first-order chi connectivity index (χ1) is 15.0. The molecule has 0 spiro atoms. The van der Waals surface area contributed by atoms with E-state index in [4.69, 9.17) is 18.7 Å². The van der Waals surface area contributed by atoms with Crippen molar-refractivity contribution in [2.24, 2.45) is 0 Å². The van der Waals surface area contributed by atoms with Crippen molar-refractivity contribution in [2.45, 2.75) is 26.9 Å². The fraction of sp³-hybridized carbons (Fsp3) is 0.300. The van der Waals surface area contributed by atoms with Crippen molar-refractivity contribution < 1.29 is 23.5 Å². The largest absolute Gasteiger partial charge is 0.497 e. The first-order valence-electron chi connectivity index (χ1n) is 9.37. The third-order valence-electron chi connectivity index (χ3n) is 4.44. The lowest BCUT2D eigenvalue weighted by Gasteiger charge is -2.07. The van der Waals surface area contributed by atoms with E-state index in [-0.39, 0.29) is 18.9 Å². The van der Waals surface area contributed by atoms with Crippen LogP contribution in [0.25, 0.3) is 17.2 Å². The average molecular weight is 424 g/mol. The van der Waals surface area contributed by atoms with Crippen molar-refractivity contribution in [1.82, 2.24) is 29.7 Å². The number of carbonyl (C=O) groups excluding carboxylic acids is 1. The van der Waals surface area contributed by atoms with E-state index in [2.05, 4.69) is 25.2 Å². The molecule has 11 heteroatoms. The SMILES string of the molecule is COc1ccc(-c2noc(COC(=O)Cc3nc4nc(C)cc(C)n4n3)n2)c(OC)c1. The van der Waals surface area contributed by atoms with Gasteiger partial charge in [0.2, 0.25) is 5.82 Å². The molecule has 0 bridgehead atoms. The van der Waals surface area contributed by atoms with Crippen molar-refractivity contribution in [3.05, 3.63) is 47.4 Å². The summed E-state index contributed by atoms with van der Waals surface area (Å²) in [7, 11) is 3.10. The Kier molecular flexibility index (Phi) is 5.48. The molecule has 0 aliphatic rings. The highest BCUT2D eigenvalue weighted by atomic mass is 16.6. The van der Waals surface area contributed by atoms with Crippen molar-refractivity contribution in [2.75, 3.05) is 14.2 Å². The third kappa shape index (κ3) is 4.29. The summed E-state index contributed by atoms with van der Waals surface area (Å²) in [6.07, 6.45) is -0.102. The molecule has 31 heavy (non-hydrogen) atoms. The van der Waals surface area contributed by atoms with Crippen LogP contribution in [0.4, 0.5) is 0 Å². The van der Waals surface area contributed by atoms with Gasteiger partial charge in [-0.3, -0.25) is 4.79 Å². The van der Waals surface area contributed by atoms with Crippen LogP contribution in [0.1, 0.15) is 23.1 Å². The summed E-state index contributed by atoms with van der Waals surface area (Å²) in [6, 6.07) is 7.11. The lowest BCUT2D eigenvalue weighted by molar-refractivity contribution is -0.145. The van der Waals surface area contributed by atoms with E-state index >= 15 is 0 Å². The van der Waals surface area contributed by atoms with Gasteiger partial charge in [-0.2, -0.15) is 9.97 Å². The van der Waals surface area contributed by atoms with Crippen LogP contribution in [0, 0.1) is 13.8 Å². The Morgan fingerprint density at radius 2 is 1.94 bits per heavy atom. The summed E-state index contributed by atoms with van der Waals surface area (Å²) in [4.78, 5) is 25.0. The minimum absolute atomic E-state index is 0.102. The number of carbonyl (C=O) groups is 1. The topological polar surface area (TPSA) is 127 Å². The number of methoxy groups -OCH3 is 2. The normalized spacial score (nSPS) is 11.0. The van der Waals surface area contributed by atoms with Gasteiger partial charge < -0.3 is 18.7 Å². The first kappa shape index (κ1) is 20.3. The number of fused-ring (bicyclic) bond motifs is 1. The van der Waals surface area contributed by atoms with E-state index in [0.29, 0.717) is 34.5 Å². The van der Waals surface area contributed by atoms with E-state index in [9.17, 15) is 4.79 Å². The van der Waals surface area contributed by atoms with Gasteiger partial charge in [0.15, 0.2) is 12.4 Å². The Hall–Kier alpha value is -4.02. The van der Waals surface area contributed by atoms with Crippen LogP contribution >= 0.6 is 0 Å². The third-order valence-corrected chi connectivity index (χ3v) is 4.44. The molecule has 0 fully saturated rings. The standard InChI is InChI=1S/C20H20N6O5/c1-11-7-12(2)26-20(21-11)22-16(24-26)9-18(27)30-10-17-23-19(25-31-17)14-6-5-13(28-3)8-15(14)29-4/h5-8H,9-10H2,1-4H3. The van der Waals surface area contributed by atoms with E-state index in [1.54, 1.807) is 29.8 Å². The van der Waals surface area contributed by atoms with Gasteiger partial charge in [-0.25, -0.2) is 9.50 Å². The number of aryl methyl sites for hydroxylation is 2. The maximum absolute atomic E-state index is 12.2.